The van der Waals surface area contributed by atoms with Gasteiger partial charge in [0, 0.05) is 34.4 Å². The van der Waals surface area contributed by atoms with Crippen molar-refractivity contribution in [3.05, 3.63) is 96.1 Å². The fourth-order valence-corrected chi connectivity index (χ4v) is 5.17. The molecule has 4 aromatic rings. The molecule has 5 nitrogen and oxygen atoms in total. The molecule has 2 unspecified atom stereocenters. The molecule has 0 fully saturated rings. The summed E-state index contributed by atoms with van der Waals surface area (Å²) < 4.78 is 3.96. The van der Waals surface area contributed by atoms with Gasteiger partial charge in [0.25, 0.3) is 0 Å². The molecule has 0 N–H and O–H groups in total. The van der Waals surface area contributed by atoms with Gasteiger partial charge >= 0.3 is 0 Å². The summed E-state index contributed by atoms with van der Waals surface area (Å²) in [6.45, 7) is 3.93. The highest BCUT2D eigenvalue weighted by molar-refractivity contribution is 9.09. The number of rotatable bonds is 8. The molecule has 164 valence electrons. The number of nitrogens with zero attached hydrogens (tertiary/aromatic N) is 4. The van der Waals surface area contributed by atoms with E-state index in [9.17, 15) is 4.79 Å². The van der Waals surface area contributed by atoms with E-state index in [4.69, 9.17) is 0 Å². The van der Waals surface area contributed by atoms with Gasteiger partial charge in [0.2, 0.25) is 0 Å². The van der Waals surface area contributed by atoms with Crippen molar-refractivity contribution in [1.29, 1.82) is 0 Å². The molecule has 0 aliphatic heterocycles. The number of aromatic nitrogens is 4. The van der Waals surface area contributed by atoms with Crippen molar-refractivity contribution >= 4 is 37.6 Å². The molecule has 32 heavy (non-hydrogen) atoms. The smallest absolute Gasteiger partial charge is 0.149 e. The number of imidazole rings is 2. The van der Waals surface area contributed by atoms with Crippen molar-refractivity contribution in [1.82, 2.24) is 19.1 Å². The maximum atomic E-state index is 13.5. The van der Waals surface area contributed by atoms with Crippen LogP contribution in [-0.4, -0.2) is 35.5 Å². The maximum absolute atomic E-state index is 13.5. The number of halogens is 2. The van der Waals surface area contributed by atoms with E-state index in [1.807, 2.05) is 83.9 Å². The normalized spacial score (nSPS) is 13.1. The van der Waals surface area contributed by atoms with Gasteiger partial charge in [0.05, 0.1) is 35.9 Å². The SMILES string of the molecule is Cc1cn(-c2ccc(C(CBr)C(=O)C(CBr)c3ccc(-n4cnc(C)c4)cc3)cc2)cn1. The average Bonchev–Trinajstić information content (AvgIpc) is 3.44. The van der Waals surface area contributed by atoms with Crippen molar-refractivity contribution in [2.45, 2.75) is 25.7 Å². The zero-order chi connectivity index (χ0) is 22.7. The Morgan fingerprint density at radius 3 is 1.41 bits per heavy atom. The van der Waals surface area contributed by atoms with Crippen LogP contribution in [0.5, 0.6) is 0 Å². The molecule has 0 amide bonds. The fraction of sp³-hybridized carbons (Fsp3) is 0.240. The summed E-state index contributed by atoms with van der Waals surface area (Å²) in [4.78, 5) is 22.1. The predicted molar refractivity (Wildman–Crippen MR) is 135 cm³/mol. The van der Waals surface area contributed by atoms with Crippen LogP contribution in [0.25, 0.3) is 11.4 Å². The number of hydrogen-bond acceptors (Lipinski definition) is 3. The number of Topliss-reactive ketones (excluding diaryl/α,β-unsaturated/α-hetero) is 1. The van der Waals surface area contributed by atoms with Gasteiger partial charge in [-0.1, -0.05) is 56.1 Å². The van der Waals surface area contributed by atoms with Gasteiger partial charge in [-0.05, 0) is 49.2 Å². The van der Waals surface area contributed by atoms with Crippen LogP contribution in [-0.2, 0) is 4.79 Å². The molecule has 4 rings (SSSR count). The molecule has 0 aliphatic carbocycles. The van der Waals surface area contributed by atoms with Gasteiger partial charge in [-0.3, -0.25) is 4.79 Å². The molecular formula is C25H24Br2N4O. The van der Waals surface area contributed by atoms with Gasteiger partial charge in [0.15, 0.2) is 0 Å². The number of alkyl halides is 2. The molecule has 2 atom stereocenters. The second kappa shape index (κ2) is 9.96. The molecule has 0 aliphatic rings. The minimum Gasteiger partial charge on any atom is -0.306 e. The molecule has 0 bridgehead atoms. The van der Waals surface area contributed by atoms with Crippen LogP contribution in [0.15, 0.2) is 73.6 Å². The highest BCUT2D eigenvalue weighted by Crippen LogP contribution is 2.30. The fourth-order valence-electron chi connectivity index (χ4n) is 3.78. The van der Waals surface area contributed by atoms with Crippen LogP contribution in [0.3, 0.4) is 0 Å². The third kappa shape index (κ3) is 4.79. The molecule has 0 saturated heterocycles. The summed E-state index contributed by atoms with van der Waals surface area (Å²) in [6.07, 6.45) is 7.57. The second-order valence-electron chi connectivity index (χ2n) is 7.84. The molecule has 0 saturated carbocycles. The van der Waals surface area contributed by atoms with Gasteiger partial charge in [-0.2, -0.15) is 0 Å². The lowest BCUT2D eigenvalue weighted by molar-refractivity contribution is -0.121. The number of carbonyl (C=O) groups excluding carboxylic acids is 1. The monoisotopic (exact) mass is 554 g/mol. The van der Waals surface area contributed by atoms with E-state index in [1.165, 1.54) is 0 Å². The van der Waals surface area contributed by atoms with E-state index in [-0.39, 0.29) is 17.6 Å². The van der Waals surface area contributed by atoms with Crippen LogP contribution >= 0.6 is 31.9 Å². The van der Waals surface area contributed by atoms with Crippen molar-refractivity contribution in [3.63, 3.8) is 0 Å². The third-order valence-corrected chi connectivity index (χ3v) is 6.90. The quantitative estimate of drug-likeness (QED) is 0.254. The Kier molecular flexibility index (Phi) is 7.06. The number of hydrogen-bond donors (Lipinski definition) is 0. The average molecular weight is 556 g/mol. The molecule has 0 spiro atoms. The number of benzene rings is 2. The van der Waals surface area contributed by atoms with Gasteiger partial charge in [-0.15, -0.1) is 0 Å². The van der Waals surface area contributed by atoms with Gasteiger partial charge < -0.3 is 9.13 Å². The zero-order valence-corrected chi connectivity index (χ0v) is 21.1. The molecule has 7 heteroatoms. The van der Waals surface area contributed by atoms with E-state index in [0.29, 0.717) is 10.7 Å². The standard InChI is InChI=1S/C25H24Br2N4O/c1-17-13-30(15-28-17)21-7-3-19(4-8-21)23(11-26)25(32)24(12-27)20-5-9-22(10-6-20)31-14-18(2)29-16-31/h3-10,13-16,23-24H,11-12H2,1-2H3. The van der Waals surface area contributed by atoms with Crippen LogP contribution in [0.1, 0.15) is 34.4 Å². The highest BCUT2D eigenvalue weighted by atomic mass is 79.9. The Hall–Kier alpha value is -2.51. The number of ketones is 1. The minimum atomic E-state index is -0.230. The van der Waals surface area contributed by atoms with Crippen LogP contribution < -0.4 is 0 Å². The predicted octanol–water partition coefficient (Wildman–Crippen LogP) is 5.90. The third-order valence-electron chi connectivity index (χ3n) is 5.61. The summed E-state index contributed by atoms with van der Waals surface area (Å²) >= 11 is 7.15. The van der Waals surface area contributed by atoms with Gasteiger partial charge in [0.1, 0.15) is 5.78 Å². The zero-order valence-electron chi connectivity index (χ0n) is 18.0. The molecule has 2 aromatic heterocycles. The van der Waals surface area contributed by atoms with Crippen molar-refractivity contribution in [2.24, 2.45) is 0 Å². The molecule has 0 radical (unpaired) electrons. The first kappa shape index (κ1) is 22.7. The van der Waals surface area contributed by atoms with E-state index in [2.05, 4.69) is 41.8 Å². The van der Waals surface area contributed by atoms with E-state index < -0.39 is 0 Å². The van der Waals surface area contributed by atoms with Crippen molar-refractivity contribution in [2.75, 3.05) is 10.7 Å². The highest BCUT2D eigenvalue weighted by Gasteiger charge is 2.28. The summed E-state index contributed by atoms with van der Waals surface area (Å²) in [5.74, 6) is -0.268. The van der Waals surface area contributed by atoms with E-state index in [0.717, 1.165) is 33.9 Å². The summed E-state index contributed by atoms with van der Waals surface area (Å²) in [7, 11) is 0. The van der Waals surface area contributed by atoms with Crippen LogP contribution in [0.2, 0.25) is 0 Å². The molecule has 2 aromatic carbocycles. The summed E-state index contributed by atoms with van der Waals surface area (Å²) in [5.41, 5.74) is 6.00. The Bertz CT molecular complexity index is 1100. The molecule has 2 heterocycles. The van der Waals surface area contributed by atoms with E-state index in [1.54, 1.807) is 12.7 Å². The Morgan fingerprint density at radius 1 is 0.750 bits per heavy atom. The van der Waals surface area contributed by atoms with Crippen molar-refractivity contribution < 1.29 is 4.79 Å². The van der Waals surface area contributed by atoms with Gasteiger partial charge in [-0.25, -0.2) is 9.97 Å². The van der Waals surface area contributed by atoms with Crippen LogP contribution in [0, 0.1) is 13.8 Å². The molecular weight excluding hydrogens is 532 g/mol. The first-order chi connectivity index (χ1) is 15.5. The summed E-state index contributed by atoms with van der Waals surface area (Å²) in [5, 5.41) is 1.15. The minimum absolute atomic E-state index is 0.191. The Labute approximate surface area is 204 Å². The lowest BCUT2D eigenvalue weighted by atomic mass is 9.85. The van der Waals surface area contributed by atoms with Crippen molar-refractivity contribution in [3.8, 4) is 11.4 Å². The Balaban J connectivity index is 1.54. The largest absolute Gasteiger partial charge is 0.306 e. The first-order valence-corrected chi connectivity index (χ1v) is 12.6. The number of carbonyl (C=O) groups is 1. The first-order valence-electron chi connectivity index (χ1n) is 10.4. The summed E-state index contributed by atoms with van der Waals surface area (Å²) in [6, 6.07) is 16.3. The second-order valence-corrected chi connectivity index (χ2v) is 9.14. The van der Waals surface area contributed by atoms with E-state index >= 15 is 0 Å². The lowest BCUT2D eigenvalue weighted by Gasteiger charge is -2.21. The maximum Gasteiger partial charge on any atom is 0.149 e. The lowest BCUT2D eigenvalue weighted by Crippen LogP contribution is -2.23. The van der Waals surface area contributed by atoms with Crippen LogP contribution in [0.4, 0.5) is 0 Å². The number of aryl methyl sites for hydroxylation is 2. The Morgan fingerprint density at radius 2 is 1.12 bits per heavy atom. The topological polar surface area (TPSA) is 52.7 Å².